The number of hydrogen-bond acceptors (Lipinski definition) is 6. The number of Topliss-reactive ketones (excluding diaryl/α,β-unsaturated/α-hetero) is 1. The molecular weight excluding hydrogens is 276 g/mol. The molecule has 1 aliphatic rings. The van der Waals surface area contributed by atoms with E-state index in [1.807, 2.05) is 11.8 Å². The van der Waals surface area contributed by atoms with Crippen molar-refractivity contribution in [3.63, 3.8) is 0 Å². The van der Waals surface area contributed by atoms with E-state index in [9.17, 15) is 20.0 Å². The number of carbonyl (C=O) groups excluding carboxylic acids is 1. The Morgan fingerprint density at radius 1 is 1.57 bits per heavy atom. The van der Waals surface area contributed by atoms with Crippen molar-refractivity contribution in [1.82, 2.24) is 0 Å². The van der Waals surface area contributed by atoms with Crippen LogP contribution in [-0.4, -0.2) is 47.7 Å². The van der Waals surface area contributed by atoms with Crippen LogP contribution in [0.3, 0.4) is 0 Å². The van der Waals surface area contributed by atoms with E-state index in [1.54, 1.807) is 6.07 Å². The molecule has 1 fully saturated rings. The average molecular weight is 294 g/mol. The highest BCUT2D eigenvalue weighted by Crippen LogP contribution is 2.28. The van der Waals surface area contributed by atoms with Gasteiger partial charge in [-0.2, -0.15) is 0 Å². The van der Waals surface area contributed by atoms with Gasteiger partial charge in [-0.1, -0.05) is 0 Å². The van der Waals surface area contributed by atoms with Crippen molar-refractivity contribution in [3.05, 3.63) is 33.9 Å². The second kappa shape index (κ2) is 6.19. The van der Waals surface area contributed by atoms with Crippen LogP contribution in [0.1, 0.15) is 24.2 Å². The summed E-state index contributed by atoms with van der Waals surface area (Å²) in [6.07, 6.45) is -0.294. The molecule has 1 aliphatic heterocycles. The topological polar surface area (TPSA) is 92.9 Å². The molecule has 7 heteroatoms. The Balaban J connectivity index is 2.37. The Bertz CT molecular complexity index is 560. The summed E-state index contributed by atoms with van der Waals surface area (Å²) < 4.78 is 5.46. The zero-order chi connectivity index (χ0) is 15.6. The predicted molar refractivity (Wildman–Crippen MR) is 76.7 cm³/mol. The molecule has 0 saturated carbocycles. The molecule has 2 rings (SSSR count). The Hall–Kier alpha value is -1.99. The van der Waals surface area contributed by atoms with Gasteiger partial charge in [-0.3, -0.25) is 14.9 Å². The molecule has 0 bridgehead atoms. The van der Waals surface area contributed by atoms with Gasteiger partial charge in [0.15, 0.2) is 5.78 Å². The first-order chi connectivity index (χ1) is 9.93. The molecule has 1 N–H and O–H groups in total. The third kappa shape index (κ3) is 3.20. The molecule has 0 amide bonds. The third-order valence-corrected chi connectivity index (χ3v) is 3.60. The van der Waals surface area contributed by atoms with Crippen LogP contribution >= 0.6 is 0 Å². The first-order valence-electron chi connectivity index (χ1n) is 6.72. The van der Waals surface area contributed by atoms with Crippen LogP contribution in [0.5, 0.6) is 0 Å². The highest BCUT2D eigenvalue weighted by Gasteiger charge is 2.27. The number of anilines is 1. The summed E-state index contributed by atoms with van der Waals surface area (Å²) in [6, 6.07) is 4.58. The van der Waals surface area contributed by atoms with Gasteiger partial charge < -0.3 is 14.7 Å². The van der Waals surface area contributed by atoms with Crippen molar-refractivity contribution in [1.29, 1.82) is 0 Å². The molecular formula is C14H18N2O5. The van der Waals surface area contributed by atoms with E-state index in [0.29, 0.717) is 13.2 Å². The van der Waals surface area contributed by atoms with Gasteiger partial charge >= 0.3 is 0 Å². The summed E-state index contributed by atoms with van der Waals surface area (Å²) in [7, 11) is 0. The smallest absolute Gasteiger partial charge is 0.280 e. The van der Waals surface area contributed by atoms with Crippen molar-refractivity contribution >= 4 is 17.2 Å². The first-order valence-corrected chi connectivity index (χ1v) is 6.72. The number of ketones is 1. The molecule has 2 unspecified atom stereocenters. The minimum absolute atomic E-state index is 0.0639. The van der Waals surface area contributed by atoms with Crippen LogP contribution in [0.25, 0.3) is 0 Å². The van der Waals surface area contributed by atoms with Crippen LogP contribution < -0.4 is 4.90 Å². The van der Waals surface area contributed by atoms with Crippen molar-refractivity contribution < 1.29 is 19.6 Å². The van der Waals surface area contributed by atoms with Gasteiger partial charge in [-0.25, -0.2) is 0 Å². The lowest BCUT2D eigenvalue weighted by molar-refractivity contribution is -0.385. The lowest BCUT2D eigenvalue weighted by Crippen LogP contribution is -2.49. The molecule has 0 aliphatic carbocycles. The van der Waals surface area contributed by atoms with Crippen molar-refractivity contribution in [2.75, 3.05) is 24.7 Å². The second-order valence-corrected chi connectivity index (χ2v) is 5.15. The van der Waals surface area contributed by atoms with E-state index in [0.717, 1.165) is 5.69 Å². The maximum atomic E-state index is 11.6. The van der Waals surface area contributed by atoms with E-state index in [1.165, 1.54) is 19.1 Å². The van der Waals surface area contributed by atoms with Crippen LogP contribution in [0.2, 0.25) is 0 Å². The van der Waals surface area contributed by atoms with Gasteiger partial charge in [0.05, 0.1) is 29.8 Å². The number of aliphatic hydroxyl groups is 1. The fourth-order valence-electron chi connectivity index (χ4n) is 2.43. The fourth-order valence-corrected chi connectivity index (χ4v) is 2.43. The van der Waals surface area contributed by atoms with E-state index >= 15 is 0 Å². The number of aliphatic hydroxyl groups excluding tert-OH is 1. The minimum Gasteiger partial charge on any atom is -0.394 e. The number of carbonyl (C=O) groups is 1. The lowest BCUT2D eigenvalue weighted by atomic mass is 10.1. The van der Waals surface area contributed by atoms with Gasteiger partial charge in [-0.05, 0) is 26.0 Å². The van der Waals surface area contributed by atoms with E-state index in [4.69, 9.17) is 4.74 Å². The number of nitrogens with zero attached hydrogens (tertiary/aromatic N) is 2. The van der Waals surface area contributed by atoms with Gasteiger partial charge in [0.1, 0.15) is 0 Å². The fraction of sp³-hybridized carbons (Fsp3) is 0.500. The van der Waals surface area contributed by atoms with Crippen LogP contribution in [0.15, 0.2) is 18.2 Å². The molecule has 21 heavy (non-hydrogen) atoms. The third-order valence-electron chi connectivity index (χ3n) is 3.60. The SMILES string of the molecule is CC(=O)c1cc(N2CC(CO)OCC2C)ccc1[N+](=O)[O-]. The molecule has 1 aromatic carbocycles. The monoisotopic (exact) mass is 294 g/mol. The Labute approximate surface area is 122 Å². The molecule has 7 nitrogen and oxygen atoms in total. The Morgan fingerprint density at radius 3 is 2.86 bits per heavy atom. The highest BCUT2D eigenvalue weighted by atomic mass is 16.6. The largest absolute Gasteiger partial charge is 0.394 e. The molecule has 1 heterocycles. The van der Waals surface area contributed by atoms with Gasteiger partial charge in [0.2, 0.25) is 0 Å². The maximum absolute atomic E-state index is 11.6. The molecule has 1 aromatic rings. The lowest BCUT2D eigenvalue weighted by Gasteiger charge is -2.39. The van der Waals surface area contributed by atoms with Gasteiger partial charge in [-0.15, -0.1) is 0 Å². The summed E-state index contributed by atoms with van der Waals surface area (Å²) >= 11 is 0. The summed E-state index contributed by atoms with van der Waals surface area (Å²) in [5, 5.41) is 20.2. The van der Waals surface area contributed by atoms with Crippen molar-refractivity contribution in [2.45, 2.75) is 26.0 Å². The number of ether oxygens (including phenoxy) is 1. The molecule has 0 aromatic heterocycles. The van der Waals surface area contributed by atoms with Crippen LogP contribution in [0.4, 0.5) is 11.4 Å². The summed E-state index contributed by atoms with van der Waals surface area (Å²) in [4.78, 5) is 24.0. The number of nitro groups is 1. The molecule has 0 radical (unpaired) electrons. The second-order valence-electron chi connectivity index (χ2n) is 5.15. The van der Waals surface area contributed by atoms with Crippen molar-refractivity contribution in [3.8, 4) is 0 Å². The molecule has 0 spiro atoms. The zero-order valence-electron chi connectivity index (χ0n) is 12.0. The van der Waals surface area contributed by atoms with Crippen LogP contribution in [-0.2, 0) is 4.74 Å². The molecule has 1 saturated heterocycles. The Morgan fingerprint density at radius 2 is 2.29 bits per heavy atom. The average Bonchev–Trinajstić information content (AvgIpc) is 2.47. The van der Waals surface area contributed by atoms with Crippen LogP contribution in [0, 0.1) is 10.1 Å². The van der Waals surface area contributed by atoms with E-state index < -0.39 is 4.92 Å². The summed E-state index contributed by atoms with van der Waals surface area (Å²) in [6.45, 7) is 4.12. The quantitative estimate of drug-likeness (QED) is 0.512. The normalized spacial score (nSPS) is 22.1. The molecule has 114 valence electrons. The number of rotatable bonds is 4. The highest BCUT2D eigenvalue weighted by molar-refractivity contribution is 5.99. The maximum Gasteiger partial charge on any atom is 0.280 e. The standard InChI is InChI=1S/C14H18N2O5/c1-9-8-21-12(7-17)6-15(9)11-3-4-14(16(19)20)13(5-11)10(2)18/h3-5,9,12,17H,6-8H2,1-2H3. The summed E-state index contributed by atoms with van der Waals surface area (Å²) in [5.41, 5.74) is 0.627. The number of benzene rings is 1. The minimum atomic E-state index is -0.556. The number of hydrogen-bond donors (Lipinski definition) is 1. The zero-order valence-corrected chi connectivity index (χ0v) is 12.0. The van der Waals surface area contributed by atoms with Gasteiger partial charge in [0, 0.05) is 24.3 Å². The predicted octanol–water partition coefficient (Wildman–Crippen LogP) is 1.38. The van der Waals surface area contributed by atoms with Crippen molar-refractivity contribution in [2.24, 2.45) is 0 Å². The van der Waals surface area contributed by atoms with Gasteiger partial charge in [0.25, 0.3) is 5.69 Å². The van der Waals surface area contributed by atoms with E-state index in [2.05, 4.69) is 0 Å². The molecule has 2 atom stereocenters. The number of morpholine rings is 1. The summed E-state index contributed by atoms with van der Waals surface area (Å²) in [5.74, 6) is -0.344. The Kier molecular flexibility index (Phi) is 4.54. The number of nitro benzene ring substituents is 1. The van der Waals surface area contributed by atoms with E-state index in [-0.39, 0.29) is 35.8 Å². The first kappa shape index (κ1) is 15.4.